The molecule has 1 aliphatic heterocycles. The maximum atomic E-state index is 3.61. The molecular weight excluding hydrogens is 240 g/mol. The number of nitrogens with one attached hydrogen (secondary N) is 1. The standard InChI is InChI=1S/C15H26N2S/c1-4-8-16-11-13-6-5-9-17(3)14(13)15-12(2)7-10-18-15/h7,10,13-14,16H,4-6,8-9,11H2,1-3H3. The topological polar surface area (TPSA) is 15.3 Å². The lowest BCUT2D eigenvalue weighted by Crippen LogP contribution is -2.40. The van der Waals surface area contributed by atoms with E-state index >= 15 is 0 Å². The molecule has 0 radical (unpaired) electrons. The van der Waals surface area contributed by atoms with Gasteiger partial charge < -0.3 is 5.32 Å². The van der Waals surface area contributed by atoms with Crippen LogP contribution in [0, 0.1) is 12.8 Å². The van der Waals surface area contributed by atoms with E-state index in [1.54, 1.807) is 4.88 Å². The van der Waals surface area contributed by atoms with Gasteiger partial charge in [-0.25, -0.2) is 0 Å². The van der Waals surface area contributed by atoms with E-state index in [4.69, 9.17) is 0 Å². The molecule has 0 saturated carbocycles. The molecule has 1 saturated heterocycles. The zero-order chi connectivity index (χ0) is 13.0. The number of hydrogen-bond donors (Lipinski definition) is 1. The van der Waals surface area contributed by atoms with E-state index in [1.807, 2.05) is 11.3 Å². The van der Waals surface area contributed by atoms with E-state index < -0.39 is 0 Å². The molecule has 2 rings (SSSR count). The molecule has 0 bridgehead atoms. The van der Waals surface area contributed by atoms with Crippen LogP contribution in [0.1, 0.15) is 42.7 Å². The Hall–Kier alpha value is -0.380. The van der Waals surface area contributed by atoms with Crippen molar-refractivity contribution in [1.82, 2.24) is 10.2 Å². The second-order valence-corrected chi connectivity index (χ2v) is 6.45. The van der Waals surface area contributed by atoms with Gasteiger partial charge in [-0.2, -0.15) is 0 Å². The minimum Gasteiger partial charge on any atom is -0.316 e. The predicted molar refractivity (Wildman–Crippen MR) is 80.3 cm³/mol. The SMILES string of the molecule is CCCNCC1CCCN(C)C1c1sccc1C. The fourth-order valence-corrected chi connectivity index (χ4v) is 4.22. The van der Waals surface area contributed by atoms with E-state index in [9.17, 15) is 0 Å². The highest BCUT2D eigenvalue weighted by Gasteiger charge is 2.31. The molecule has 3 heteroatoms. The van der Waals surface area contributed by atoms with Crippen molar-refractivity contribution in [3.05, 3.63) is 21.9 Å². The predicted octanol–water partition coefficient (Wildman–Crippen LogP) is 3.44. The quantitative estimate of drug-likeness (QED) is 0.821. The number of rotatable bonds is 5. The molecule has 2 nitrogen and oxygen atoms in total. The zero-order valence-corrected chi connectivity index (χ0v) is 12.7. The molecule has 1 aliphatic rings. The second kappa shape index (κ2) is 6.69. The highest BCUT2D eigenvalue weighted by molar-refractivity contribution is 7.10. The van der Waals surface area contributed by atoms with Gasteiger partial charge in [-0.1, -0.05) is 6.92 Å². The van der Waals surface area contributed by atoms with Crippen LogP contribution in [0.2, 0.25) is 0 Å². The second-order valence-electron chi connectivity index (χ2n) is 5.50. The van der Waals surface area contributed by atoms with Crippen LogP contribution in [-0.2, 0) is 0 Å². The van der Waals surface area contributed by atoms with Gasteiger partial charge in [0.25, 0.3) is 0 Å². The highest BCUT2D eigenvalue weighted by Crippen LogP contribution is 2.38. The van der Waals surface area contributed by atoms with Crippen molar-refractivity contribution in [2.24, 2.45) is 5.92 Å². The molecule has 2 unspecified atom stereocenters. The molecule has 1 aromatic rings. The van der Waals surface area contributed by atoms with Crippen LogP contribution in [-0.4, -0.2) is 31.6 Å². The Kier molecular flexibility index (Phi) is 5.22. The van der Waals surface area contributed by atoms with E-state index in [0.29, 0.717) is 6.04 Å². The number of nitrogens with zero attached hydrogens (tertiary/aromatic N) is 1. The first-order valence-corrected chi connectivity index (χ1v) is 8.07. The van der Waals surface area contributed by atoms with Crippen molar-refractivity contribution in [2.45, 2.75) is 39.2 Å². The number of thiophene rings is 1. The Morgan fingerprint density at radius 3 is 3.00 bits per heavy atom. The number of likely N-dealkylation sites (tertiary alicyclic amines) is 1. The number of hydrogen-bond acceptors (Lipinski definition) is 3. The van der Waals surface area contributed by atoms with Crippen LogP contribution >= 0.6 is 11.3 Å². The first-order chi connectivity index (χ1) is 8.74. The van der Waals surface area contributed by atoms with Crippen molar-refractivity contribution >= 4 is 11.3 Å². The van der Waals surface area contributed by atoms with Crippen LogP contribution in [0.15, 0.2) is 11.4 Å². The Bertz CT molecular complexity index is 361. The van der Waals surface area contributed by atoms with Gasteiger partial charge in [0, 0.05) is 10.9 Å². The van der Waals surface area contributed by atoms with E-state index in [1.165, 1.54) is 37.9 Å². The van der Waals surface area contributed by atoms with Gasteiger partial charge >= 0.3 is 0 Å². The fourth-order valence-electron chi connectivity index (χ4n) is 3.04. The van der Waals surface area contributed by atoms with E-state index in [-0.39, 0.29) is 0 Å². The van der Waals surface area contributed by atoms with Gasteiger partial charge in [0.1, 0.15) is 0 Å². The molecule has 2 atom stereocenters. The maximum Gasteiger partial charge on any atom is 0.0481 e. The van der Waals surface area contributed by atoms with Gasteiger partial charge in [-0.3, -0.25) is 4.90 Å². The van der Waals surface area contributed by atoms with Crippen molar-refractivity contribution in [3.8, 4) is 0 Å². The molecule has 0 spiro atoms. The molecule has 18 heavy (non-hydrogen) atoms. The van der Waals surface area contributed by atoms with Gasteiger partial charge in [0.15, 0.2) is 0 Å². The molecule has 0 amide bonds. The molecule has 102 valence electrons. The first-order valence-electron chi connectivity index (χ1n) is 7.19. The third-order valence-electron chi connectivity index (χ3n) is 4.01. The lowest BCUT2D eigenvalue weighted by Gasteiger charge is -2.39. The third kappa shape index (κ3) is 3.14. The van der Waals surface area contributed by atoms with Crippen LogP contribution in [0.4, 0.5) is 0 Å². The summed E-state index contributed by atoms with van der Waals surface area (Å²) in [5.41, 5.74) is 1.47. The summed E-state index contributed by atoms with van der Waals surface area (Å²) < 4.78 is 0. The third-order valence-corrected chi connectivity index (χ3v) is 5.10. The lowest BCUT2D eigenvalue weighted by atomic mass is 9.87. The number of aryl methyl sites for hydroxylation is 1. The molecule has 1 aromatic heterocycles. The molecule has 1 fully saturated rings. The van der Waals surface area contributed by atoms with Crippen molar-refractivity contribution in [2.75, 3.05) is 26.7 Å². The van der Waals surface area contributed by atoms with Crippen LogP contribution in [0.5, 0.6) is 0 Å². The smallest absolute Gasteiger partial charge is 0.0481 e. The summed E-state index contributed by atoms with van der Waals surface area (Å²) in [5.74, 6) is 0.771. The molecular formula is C15H26N2S. The highest BCUT2D eigenvalue weighted by atomic mass is 32.1. The Balaban J connectivity index is 2.08. The summed E-state index contributed by atoms with van der Waals surface area (Å²) >= 11 is 1.93. The van der Waals surface area contributed by atoms with Crippen LogP contribution in [0.3, 0.4) is 0 Å². The fraction of sp³-hybridized carbons (Fsp3) is 0.733. The largest absolute Gasteiger partial charge is 0.316 e. The molecule has 0 aliphatic carbocycles. The van der Waals surface area contributed by atoms with Gasteiger partial charge in [-0.15, -0.1) is 11.3 Å². The number of piperidine rings is 1. The molecule has 1 N–H and O–H groups in total. The van der Waals surface area contributed by atoms with Gasteiger partial charge in [-0.05, 0) is 75.8 Å². The normalized spacial score (nSPS) is 25.5. The maximum absolute atomic E-state index is 3.61. The van der Waals surface area contributed by atoms with E-state index in [2.05, 4.69) is 42.6 Å². The summed E-state index contributed by atoms with van der Waals surface area (Å²) in [7, 11) is 2.29. The van der Waals surface area contributed by atoms with Crippen molar-refractivity contribution < 1.29 is 0 Å². The Morgan fingerprint density at radius 1 is 1.50 bits per heavy atom. The van der Waals surface area contributed by atoms with Crippen LogP contribution in [0.25, 0.3) is 0 Å². The Labute approximate surface area is 115 Å². The first kappa shape index (κ1) is 14.0. The average molecular weight is 266 g/mol. The zero-order valence-electron chi connectivity index (χ0n) is 11.9. The minimum atomic E-state index is 0.628. The summed E-state index contributed by atoms with van der Waals surface area (Å²) in [5, 5.41) is 5.85. The molecule has 0 aromatic carbocycles. The van der Waals surface area contributed by atoms with Crippen molar-refractivity contribution in [3.63, 3.8) is 0 Å². The summed E-state index contributed by atoms with van der Waals surface area (Å²) in [6, 6.07) is 2.89. The van der Waals surface area contributed by atoms with E-state index in [0.717, 1.165) is 12.5 Å². The monoisotopic (exact) mass is 266 g/mol. The summed E-state index contributed by atoms with van der Waals surface area (Å²) in [6.07, 6.45) is 3.93. The minimum absolute atomic E-state index is 0.628. The average Bonchev–Trinajstić information content (AvgIpc) is 2.76. The molecule has 2 heterocycles. The summed E-state index contributed by atoms with van der Waals surface area (Å²) in [4.78, 5) is 4.14. The van der Waals surface area contributed by atoms with Gasteiger partial charge in [0.2, 0.25) is 0 Å². The van der Waals surface area contributed by atoms with Crippen LogP contribution < -0.4 is 5.32 Å². The summed E-state index contributed by atoms with van der Waals surface area (Å²) in [6.45, 7) is 8.05. The lowest BCUT2D eigenvalue weighted by molar-refractivity contribution is 0.122. The van der Waals surface area contributed by atoms with Crippen molar-refractivity contribution in [1.29, 1.82) is 0 Å². The van der Waals surface area contributed by atoms with Gasteiger partial charge in [0.05, 0.1) is 0 Å². The Morgan fingerprint density at radius 2 is 2.33 bits per heavy atom.